The van der Waals surface area contributed by atoms with Gasteiger partial charge in [-0.3, -0.25) is 0 Å². The molecule has 2 heterocycles. The highest BCUT2D eigenvalue weighted by atomic mass is 35.5. The van der Waals surface area contributed by atoms with Crippen molar-refractivity contribution in [1.82, 2.24) is 9.97 Å². The molecule has 2 rings (SSSR count). The maximum absolute atomic E-state index is 6.26. The van der Waals surface area contributed by atoms with Crippen molar-refractivity contribution < 1.29 is 0 Å². The van der Waals surface area contributed by atoms with Crippen molar-refractivity contribution in [3.05, 3.63) is 16.5 Å². The van der Waals surface area contributed by atoms with Crippen molar-refractivity contribution in [2.75, 3.05) is 18.0 Å². The number of aryl methyl sites for hydroxylation is 1. The Bertz CT molecular complexity index is 447. The Hall–Kier alpha value is -0.830. The first kappa shape index (κ1) is 14.6. The quantitative estimate of drug-likeness (QED) is 0.788. The molecule has 2 unspecified atom stereocenters. The van der Waals surface area contributed by atoms with E-state index >= 15 is 0 Å². The topological polar surface area (TPSA) is 29.0 Å². The molecular weight excluding hydrogens is 258 g/mol. The molecule has 2 atom stereocenters. The first-order valence-corrected chi connectivity index (χ1v) is 7.68. The molecule has 0 bridgehead atoms. The predicted molar refractivity (Wildman–Crippen MR) is 80.9 cm³/mol. The zero-order valence-corrected chi connectivity index (χ0v) is 13.2. The molecule has 3 nitrogen and oxygen atoms in total. The van der Waals surface area contributed by atoms with Crippen LogP contribution in [0.15, 0.2) is 0 Å². The van der Waals surface area contributed by atoms with Crippen LogP contribution in [0.1, 0.15) is 45.0 Å². The molecule has 1 aromatic heterocycles. The van der Waals surface area contributed by atoms with Gasteiger partial charge in [-0.1, -0.05) is 32.4 Å². The van der Waals surface area contributed by atoms with Gasteiger partial charge in [0, 0.05) is 25.1 Å². The number of piperidine rings is 1. The first-order valence-electron chi connectivity index (χ1n) is 7.30. The predicted octanol–water partition coefficient (Wildman–Crippen LogP) is 3.87. The Kier molecular flexibility index (Phi) is 4.67. The Morgan fingerprint density at radius 2 is 2.00 bits per heavy atom. The van der Waals surface area contributed by atoms with Gasteiger partial charge in [0.05, 0.1) is 0 Å². The van der Waals surface area contributed by atoms with E-state index in [1.165, 1.54) is 6.42 Å². The minimum atomic E-state index is 0.611. The molecular formula is C15H24ClN3. The number of anilines is 1. The van der Waals surface area contributed by atoms with Crippen LogP contribution in [-0.2, 0) is 6.42 Å². The van der Waals surface area contributed by atoms with Crippen molar-refractivity contribution in [1.29, 1.82) is 0 Å². The summed E-state index contributed by atoms with van der Waals surface area (Å²) < 4.78 is 0. The minimum absolute atomic E-state index is 0.611. The number of halogens is 1. The van der Waals surface area contributed by atoms with E-state index in [0.717, 1.165) is 49.1 Å². The Morgan fingerprint density at radius 3 is 2.63 bits per heavy atom. The molecule has 0 spiro atoms. The largest absolute Gasteiger partial charge is 0.356 e. The van der Waals surface area contributed by atoms with Gasteiger partial charge in [0.25, 0.3) is 0 Å². The fourth-order valence-corrected chi connectivity index (χ4v) is 2.80. The van der Waals surface area contributed by atoms with E-state index in [2.05, 4.69) is 30.7 Å². The second kappa shape index (κ2) is 6.08. The molecule has 1 aromatic rings. The van der Waals surface area contributed by atoms with Crippen LogP contribution < -0.4 is 4.90 Å². The van der Waals surface area contributed by atoms with Crippen LogP contribution in [0.2, 0.25) is 5.15 Å². The van der Waals surface area contributed by atoms with Gasteiger partial charge in [-0.15, -0.1) is 0 Å². The summed E-state index contributed by atoms with van der Waals surface area (Å²) in [7, 11) is 0. The normalized spacial score (nSPS) is 23.7. The molecule has 1 fully saturated rings. The van der Waals surface area contributed by atoms with Crippen LogP contribution in [0.5, 0.6) is 0 Å². The van der Waals surface area contributed by atoms with Crippen molar-refractivity contribution in [2.45, 2.75) is 47.0 Å². The lowest BCUT2D eigenvalue weighted by Crippen LogP contribution is -2.39. The first-order chi connectivity index (χ1) is 9.02. The summed E-state index contributed by atoms with van der Waals surface area (Å²) in [6, 6.07) is 0. The smallest absolute Gasteiger partial charge is 0.137 e. The van der Waals surface area contributed by atoms with Gasteiger partial charge in [0.2, 0.25) is 0 Å². The van der Waals surface area contributed by atoms with Crippen LogP contribution in [0.3, 0.4) is 0 Å². The average molecular weight is 282 g/mol. The molecule has 1 saturated heterocycles. The highest BCUT2D eigenvalue weighted by Crippen LogP contribution is 2.30. The summed E-state index contributed by atoms with van der Waals surface area (Å²) in [5, 5.41) is 0.611. The summed E-state index contributed by atoms with van der Waals surface area (Å²) in [6.45, 7) is 11.0. The average Bonchev–Trinajstić information content (AvgIpc) is 2.37. The third kappa shape index (κ3) is 3.19. The summed E-state index contributed by atoms with van der Waals surface area (Å²) in [5.41, 5.74) is 1.02. The van der Waals surface area contributed by atoms with E-state index in [9.17, 15) is 0 Å². The molecule has 0 N–H and O–H groups in total. The van der Waals surface area contributed by atoms with E-state index in [1.807, 2.05) is 6.92 Å². The number of hydrogen-bond donors (Lipinski definition) is 0. The summed E-state index contributed by atoms with van der Waals surface area (Å²) in [4.78, 5) is 11.5. The lowest BCUT2D eigenvalue weighted by atomic mass is 9.88. The van der Waals surface area contributed by atoms with Gasteiger partial charge < -0.3 is 4.90 Å². The fraction of sp³-hybridized carbons (Fsp3) is 0.733. The minimum Gasteiger partial charge on any atom is -0.356 e. The van der Waals surface area contributed by atoms with Crippen molar-refractivity contribution in [2.24, 2.45) is 11.8 Å². The van der Waals surface area contributed by atoms with Crippen molar-refractivity contribution in [3.63, 3.8) is 0 Å². The molecule has 0 aliphatic carbocycles. The molecule has 4 heteroatoms. The highest BCUT2D eigenvalue weighted by molar-refractivity contribution is 6.30. The highest BCUT2D eigenvalue weighted by Gasteiger charge is 2.25. The number of aromatic nitrogens is 2. The van der Waals surface area contributed by atoms with Crippen molar-refractivity contribution >= 4 is 17.4 Å². The maximum atomic E-state index is 6.26. The van der Waals surface area contributed by atoms with Gasteiger partial charge in [-0.05, 0) is 31.6 Å². The van der Waals surface area contributed by atoms with Gasteiger partial charge >= 0.3 is 0 Å². The molecule has 1 aliphatic rings. The number of rotatable bonds is 3. The number of nitrogens with zero attached hydrogens (tertiary/aromatic N) is 3. The lowest BCUT2D eigenvalue weighted by Gasteiger charge is -2.36. The van der Waals surface area contributed by atoms with E-state index in [4.69, 9.17) is 16.6 Å². The van der Waals surface area contributed by atoms with E-state index in [-0.39, 0.29) is 0 Å². The summed E-state index contributed by atoms with van der Waals surface area (Å²) in [6.07, 6.45) is 3.17. The Morgan fingerprint density at radius 1 is 1.26 bits per heavy atom. The molecule has 106 valence electrons. The third-order valence-corrected chi connectivity index (χ3v) is 4.58. The maximum Gasteiger partial charge on any atom is 0.137 e. The Balaban J connectivity index is 2.28. The zero-order valence-electron chi connectivity index (χ0n) is 12.4. The van der Waals surface area contributed by atoms with Gasteiger partial charge in [-0.2, -0.15) is 0 Å². The third-order valence-electron chi connectivity index (χ3n) is 4.21. The van der Waals surface area contributed by atoms with Crippen LogP contribution in [0.25, 0.3) is 0 Å². The number of hydrogen-bond acceptors (Lipinski definition) is 3. The van der Waals surface area contributed by atoms with Crippen LogP contribution in [0.4, 0.5) is 5.82 Å². The van der Waals surface area contributed by atoms with E-state index < -0.39 is 0 Å². The van der Waals surface area contributed by atoms with E-state index in [0.29, 0.717) is 11.1 Å². The fourth-order valence-electron chi connectivity index (χ4n) is 2.62. The Labute approximate surface area is 121 Å². The monoisotopic (exact) mass is 281 g/mol. The lowest BCUT2D eigenvalue weighted by molar-refractivity contribution is 0.322. The van der Waals surface area contributed by atoms with Crippen molar-refractivity contribution in [3.8, 4) is 0 Å². The van der Waals surface area contributed by atoms with Crippen LogP contribution in [-0.4, -0.2) is 23.1 Å². The molecule has 19 heavy (non-hydrogen) atoms. The second-order valence-electron chi connectivity index (χ2n) is 5.82. The molecule has 0 amide bonds. The van der Waals surface area contributed by atoms with E-state index in [1.54, 1.807) is 0 Å². The van der Waals surface area contributed by atoms with Gasteiger partial charge in [0.1, 0.15) is 16.8 Å². The molecule has 0 radical (unpaired) electrons. The molecule has 0 saturated carbocycles. The van der Waals surface area contributed by atoms with Gasteiger partial charge in [0.15, 0.2) is 0 Å². The van der Waals surface area contributed by atoms with Gasteiger partial charge in [-0.25, -0.2) is 9.97 Å². The molecule has 1 aliphatic heterocycles. The molecule has 0 aromatic carbocycles. The standard InChI is InChI=1S/C15H24ClN3/c1-5-6-13-17-14(16)12(4)15(18-13)19-8-7-10(2)11(3)9-19/h10-11H,5-9H2,1-4H3. The zero-order chi connectivity index (χ0) is 14.0. The van der Waals surface area contributed by atoms with Crippen LogP contribution in [0, 0.1) is 18.8 Å². The SMILES string of the molecule is CCCc1nc(Cl)c(C)c(N2CCC(C)C(C)C2)n1. The summed E-state index contributed by atoms with van der Waals surface area (Å²) in [5.74, 6) is 3.42. The second-order valence-corrected chi connectivity index (χ2v) is 6.18. The summed E-state index contributed by atoms with van der Waals surface area (Å²) >= 11 is 6.26. The van der Waals surface area contributed by atoms with Crippen LogP contribution >= 0.6 is 11.6 Å².